The Kier molecular flexibility index (Phi) is 6.72. The summed E-state index contributed by atoms with van der Waals surface area (Å²) in [6.45, 7) is 2.09. The van der Waals surface area contributed by atoms with Crippen molar-refractivity contribution in [1.82, 2.24) is 10.2 Å². The molecule has 3 atom stereocenters. The van der Waals surface area contributed by atoms with Crippen molar-refractivity contribution in [3.63, 3.8) is 0 Å². The highest BCUT2D eigenvalue weighted by molar-refractivity contribution is 5.85. The van der Waals surface area contributed by atoms with E-state index in [1.807, 2.05) is 4.90 Å². The van der Waals surface area contributed by atoms with E-state index in [-0.39, 0.29) is 42.1 Å². The van der Waals surface area contributed by atoms with Crippen molar-refractivity contribution in [2.24, 2.45) is 23.5 Å². The summed E-state index contributed by atoms with van der Waals surface area (Å²) >= 11 is 0. The second kappa shape index (κ2) is 8.34. The number of hydrogen-bond donors (Lipinski definition) is 2. The highest BCUT2D eigenvalue weighted by Gasteiger charge is 2.37. The molecule has 2 saturated carbocycles. The molecule has 0 bridgehead atoms. The second-order valence-corrected chi connectivity index (χ2v) is 7.29. The molecule has 1 aliphatic heterocycles. The van der Waals surface area contributed by atoms with Gasteiger partial charge in [0.05, 0.1) is 5.92 Å². The number of nitrogens with one attached hydrogen (secondary N) is 1. The summed E-state index contributed by atoms with van der Waals surface area (Å²) in [5.74, 6) is 1.05. The summed E-state index contributed by atoms with van der Waals surface area (Å²) < 4.78 is 0. The largest absolute Gasteiger partial charge is 0.353 e. The van der Waals surface area contributed by atoms with Crippen molar-refractivity contribution in [2.45, 2.75) is 57.4 Å². The van der Waals surface area contributed by atoms with Crippen LogP contribution in [0, 0.1) is 17.8 Å². The normalized spacial score (nSPS) is 31.2. The Labute approximate surface area is 145 Å². The van der Waals surface area contributed by atoms with Gasteiger partial charge in [0, 0.05) is 25.0 Å². The van der Waals surface area contributed by atoms with E-state index in [2.05, 4.69) is 5.32 Å². The van der Waals surface area contributed by atoms with Crippen LogP contribution in [0.2, 0.25) is 0 Å². The Morgan fingerprint density at radius 2 is 1.74 bits per heavy atom. The van der Waals surface area contributed by atoms with Gasteiger partial charge in [-0.3, -0.25) is 9.59 Å². The van der Waals surface area contributed by atoms with Gasteiger partial charge in [-0.25, -0.2) is 0 Å². The fourth-order valence-electron chi connectivity index (χ4n) is 3.96. The van der Waals surface area contributed by atoms with E-state index in [0.29, 0.717) is 19.0 Å². The quantitative estimate of drug-likeness (QED) is 0.815. The minimum Gasteiger partial charge on any atom is -0.353 e. The average Bonchev–Trinajstić information content (AvgIpc) is 3.39. The monoisotopic (exact) mass is 343 g/mol. The molecule has 0 aromatic rings. The maximum absolute atomic E-state index is 12.6. The molecule has 2 aliphatic carbocycles. The van der Waals surface area contributed by atoms with Gasteiger partial charge in [0.2, 0.25) is 11.8 Å². The Morgan fingerprint density at radius 3 is 2.43 bits per heavy atom. The van der Waals surface area contributed by atoms with Crippen molar-refractivity contribution in [3.8, 4) is 0 Å². The molecule has 5 nitrogen and oxygen atoms in total. The third-order valence-corrected chi connectivity index (χ3v) is 5.57. The molecule has 6 heteroatoms. The number of carbonyl (C=O) groups is 2. The van der Waals surface area contributed by atoms with E-state index >= 15 is 0 Å². The lowest BCUT2D eigenvalue weighted by Crippen LogP contribution is -2.51. The minimum absolute atomic E-state index is 0. The van der Waals surface area contributed by atoms with Gasteiger partial charge in [-0.15, -0.1) is 12.4 Å². The van der Waals surface area contributed by atoms with Crippen LogP contribution >= 0.6 is 12.4 Å². The molecule has 3 N–H and O–H groups in total. The molecular weight excluding hydrogens is 314 g/mol. The van der Waals surface area contributed by atoms with Gasteiger partial charge in [0.25, 0.3) is 0 Å². The number of amides is 2. The SMILES string of the molecule is Cl.NCC1CCCCC1NC(=O)C1CCCN(C(=O)C2CC2)C1. The number of nitrogens with two attached hydrogens (primary N) is 1. The summed E-state index contributed by atoms with van der Waals surface area (Å²) in [6.07, 6.45) is 8.49. The second-order valence-electron chi connectivity index (χ2n) is 7.29. The average molecular weight is 344 g/mol. The molecule has 3 aliphatic rings. The molecule has 23 heavy (non-hydrogen) atoms. The molecule has 2 amide bonds. The Bertz CT molecular complexity index is 428. The zero-order valence-electron chi connectivity index (χ0n) is 13.8. The Morgan fingerprint density at radius 1 is 1.00 bits per heavy atom. The van der Waals surface area contributed by atoms with Crippen LogP contribution in [0.4, 0.5) is 0 Å². The van der Waals surface area contributed by atoms with Crippen LogP contribution in [0.25, 0.3) is 0 Å². The lowest BCUT2D eigenvalue weighted by Gasteiger charge is -2.35. The van der Waals surface area contributed by atoms with Crippen LogP contribution in [0.1, 0.15) is 51.4 Å². The van der Waals surface area contributed by atoms with E-state index in [1.165, 1.54) is 12.8 Å². The molecule has 3 unspecified atom stereocenters. The third kappa shape index (κ3) is 4.60. The van der Waals surface area contributed by atoms with Crippen molar-refractivity contribution >= 4 is 24.2 Å². The van der Waals surface area contributed by atoms with Crippen molar-refractivity contribution < 1.29 is 9.59 Å². The van der Waals surface area contributed by atoms with Crippen LogP contribution < -0.4 is 11.1 Å². The van der Waals surface area contributed by atoms with E-state index < -0.39 is 0 Å². The molecule has 3 rings (SSSR count). The minimum atomic E-state index is -0.0307. The summed E-state index contributed by atoms with van der Waals surface area (Å²) in [4.78, 5) is 26.7. The standard InChI is InChI=1S/C17H29N3O2.ClH/c18-10-13-4-1-2-6-15(13)19-16(21)14-5-3-9-20(11-14)17(22)12-7-8-12;/h12-15H,1-11,18H2,(H,19,21);1H. The summed E-state index contributed by atoms with van der Waals surface area (Å²) in [6, 6.07) is 0.237. The number of likely N-dealkylation sites (tertiary alicyclic amines) is 1. The van der Waals surface area contributed by atoms with Crippen LogP contribution in [-0.2, 0) is 9.59 Å². The van der Waals surface area contributed by atoms with Crippen molar-refractivity contribution in [3.05, 3.63) is 0 Å². The van der Waals surface area contributed by atoms with Gasteiger partial charge < -0.3 is 16.0 Å². The van der Waals surface area contributed by atoms with Gasteiger partial charge in [0.15, 0.2) is 0 Å². The van der Waals surface area contributed by atoms with Gasteiger partial charge in [0.1, 0.15) is 0 Å². The first-order valence-corrected chi connectivity index (χ1v) is 8.98. The van der Waals surface area contributed by atoms with Gasteiger partial charge in [-0.05, 0) is 51.0 Å². The Balaban J connectivity index is 0.00000192. The lowest BCUT2D eigenvalue weighted by atomic mass is 9.84. The molecule has 0 radical (unpaired) electrons. The zero-order chi connectivity index (χ0) is 15.5. The van der Waals surface area contributed by atoms with Crippen LogP contribution in [0.3, 0.4) is 0 Å². The first-order chi connectivity index (χ1) is 10.7. The topological polar surface area (TPSA) is 75.4 Å². The summed E-state index contributed by atoms with van der Waals surface area (Å²) in [5.41, 5.74) is 5.85. The highest BCUT2D eigenvalue weighted by Crippen LogP contribution is 2.32. The summed E-state index contributed by atoms with van der Waals surface area (Å²) in [5, 5.41) is 3.24. The summed E-state index contributed by atoms with van der Waals surface area (Å²) in [7, 11) is 0. The fraction of sp³-hybridized carbons (Fsp3) is 0.882. The molecule has 1 saturated heterocycles. The van der Waals surface area contributed by atoms with E-state index in [1.54, 1.807) is 0 Å². The molecule has 0 aromatic carbocycles. The van der Waals surface area contributed by atoms with E-state index in [4.69, 9.17) is 5.73 Å². The molecule has 1 heterocycles. The van der Waals surface area contributed by atoms with E-state index in [9.17, 15) is 9.59 Å². The fourth-order valence-corrected chi connectivity index (χ4v) is 3.96. The van der Waals surface area contributed by atoms with Crippen LogP contribution in [-0.4, -0.2) is 42.4 Å². The number of rotatable bonds is 4. The lowest BCUT2D eigenvalue weighted by molar-refractivity contribution is -0.137. The number of nitrogens with zero attached hydrogens (tertiary/aromatic N) is 1. The first kappa shape index (κ1) is 18.5. The van der Waals surface area contributed by atoms with Crippen LogP contribution in [0.5, 0.6) is 0 Å². The molecular formula is C17H30ClN3O2. The molecule has 0 aromatic heterocycles. The smallest absolute Gasteiger partial charge is 0.225 e. The number of hydrogen-bond acceptors (Lipinski definition) is 3. The van der Waals surface area contributed by atoms with E-state index in [0.717, 1.165) is 45.1 Å². The zero-order valence-corrected chi connectivity index (χ0v) is 14.7. The van der Waals surface area contributed by atoms with Crippen molar-refractivity contribution in [2.75, 3.05) is 19.6 Å². The number of carbonyl (C=O) groups excluding carboxylic acids is 2. The predicted octanol–water partition coefficient (Wildman–Crippen LogP) is 1.69. The van der Waals surface area contributed by atoms with Crippen molar-refractivity contribution in [1.29, 1.82) is 0 Å². The molecule has 132 valence electrons. The predicted molar refractivity (Wildman–Crippen MR) is 92.2 cm³/mol. The third-order valence-electron chi connectivity index (χ3n) is 5.57. The number of halogens is 1. The Hall–Kier alpha value is -0.810. The molecule has 3 fully saturated rings. The molecule has 0 spiro atoms. The maximum Gasteiger partial charge on any atom is 0.225 e. The number of piperidine rings is 1. The van der Waals surface area contributed by atoms with Gasteiger partial charge >= 0.3 is 0 Å². The van der Waals surface area contributed by atoms with Gasteiger partial charge in [-0.2, -0.15) is 0 Å². The van der Waals surface area contributed by atoms with Gasteiger partial charge in [-0.1, -0.05) is 12.8 Å². The van der Waals surface area contributed by atoms with Crippen LogP contribution in [0.15, 0.2) is 0 Å². The highest BCUT2D eigenvalue weighted by atomic mass is 35.5. The maximum atomic E-state index is 12.6. The first-order valence-electron chi connectivity index (χ1n) is 8.98.